The van der Waals surface area contributed by atoms with E-state index >= 15 is 0 Å². The third-order valence-electron chi connectivity index (χ3n) is 3.94. The van der Waals surface area contributed by atoms with Gasteiger partial charge in [-0.2, -0.15) is 0 Å². The van der Waals surface area contributed by atoms with Crippen molar-refractivity contribution in [3.63, 3.8) is 0 Å². The quantitative estimate of drug-likeness (QED) is 0.814. The van der Waals surface area contributed by atoms with Crippen molar-refractivity contribution >= 4 is 28.9 Å². The number of rotatable bonds is 1. The van der Waals surface area contributed by atoms with Crippen molar-refractivity contribution in [2.75, 3.05) is 17.2 Å². The van der Waals surface area contributed by atoms with Gasteiger partial charge in [0.15, 0.2) is 0 Å². The van der Waals surface area contributed by atoms with Crippen molar-refractivity contribution in [3.8, 4) is 0 Å². The normalized spacial score (nSPS) is 13.9. The van der Waals surface area contributed by atoms with E-state index < -0.39 is 0 Å². The molecular weight excluding hydrogens is 284 g/mol. The monoisotopic (exact) mass is 300 g/mol. The van der Waals surface area contributed by atoms with Gasteiger partial charge in [0, 0.05) is 28.5 Å². The van der Waals surface area contributed by atoms with Gasteiger partial charge in [0.1, 0.15) is 0 Å². The molecule has 108 valence electrons. The molecular formula is C17H17ClN2O. The van der Waals surface area contributed by atoms with Gasteiger partial charge < -0.3 is 10.6 Å². The Morgan fingerprint density at radius 2 is 2.10 bits per heavy atom. The molecule has 2 aromatic carbocycles. The summed E-state index contributed by atoms with van der Waals surface area (Å²) in [5.41, 5.74) is 10.4. The van der Waals surface area contributed by atoms with Gasteiger partial charge in [0.25, 0.3) is 5.91 Å². The van der Waals surface area contributed by atoms with Gasteiger partial charge in [0.2, 0.25) is 0 Å². The molecule has 1 heterocycles. The first-order valence-electron chi connectivity index (χ1n) is 7.03. The van der Waals surface area contributed by atoms with E-state index in [1.807, 2.05) is 36.1 Å². The molecule has 0 aliphatic carbocycles. The fourth-order valence-corrected chi connectivity index (χ4v) is 2.91. The van der Waals surface area contributed by atoms with Gasteiger partial charge >= 0.3 is 0 Å². The number of fused-ring (bicyclic) bond motifs is 1. The van der Waals surface area contributed by atoms with Crippen LogP contribution >= 0.6 is 11.6 Å². The average molecular weight is 301 g/mol. The van der Waals surface area contributed by atoms with Gasteiger partial charge in [-0.1, -0.05) is 17.7 Å². The Labute approximate surface area is 129 Å². The summed E-state index contributed by atoms with van der Waals surface area (Å²) >= 11 is 6.03. The predicted molar refractivity (Wildman–Crippen MR) is 87.0 cm³/mol. The van der Waals surface area contributed by atoms with E-state index in [1.54, 1.807) is 12.1 Å². The summed E-state index contributed by atoms with van der Waals surface area (Å²) in [6.45, 7) is 2.62. The molecule has 0 bridgehead atoms. The minimum atomic E-state index is 0.00122. The first-order chi connectivity index (χ1) is 10.1. The number of hydrogen-bond acceptors (Lipinski definition) is 2. The van der Waals surface area contributed by atoms with Crippen LogP contribution in [0.5, 0.6) is 0 Å². The number of carbonyl (C=O) groups is 1. The number of aryl methyl sites for hydroxylation is 1. The summed E-state index contributed by atoms with van der Waals surface area (Å²) < 4.78 is 0. The highest BCUT2D eigenvalue weighted by Gasteiger charge is 2.24. The minimum Gasteiger partial charge on any atom is -0.398 e. The van der Waals surface area contributed by atoms with Crippen LogP contribution in [0.25, 0.3) is 0 Å². The third kappa shape index (κ3) is 2.49. The Hall–Kier alpha value is -2.00. The standard InChI is InChI=1S/C17H17ClN2O/c1-11-10-12(7-8-14(11)18)17(21)20-9-3-4-13-15(19)5-2-6-16(13)20/h2,5-8,10H,3-4,9,19H2,1H3. The molecule has 21 heavy (non-hydrogen) atoms. The second kappa shape index (κ2) is 5.41. The fourth-order valence-electron chi connectivity index (χ4n) is 2.80. The summed E-state index contributed by atoms with van der Waals surface area (Å²) in [5, 5.41) is 0.676. The lowest BCUT2D eigenvalue weighted by atomic mass is 9.99. The van der Waals surface area contributed by atoms with Crippen LogP contribution in [0, 0.1) is 6.92 Å². The molecule has 3 rings (SSSR count). The van der Waals surface area contributed by atoms with E-state index in [4.69, 9.17) is 17.3 Å². The summed E-state index contributed by atoms with van der Waals surface area (Å²) in [6.07, 6.45) is 1.85. The first kappa shape index (κ1) is 14.0. The van der Waals surface area contributed by atoms with Crippen LogP contribution in [0.1, 0.15) is 27.9 Å². The Morgan fingerprint density at radius 1 is 1.29 bits per heavy atom. The van der Waals surface area contributed by atoms with E-state index in [-0.39, 0.29) is 5.91 Å². The first-order valence-corrected chi connectivity index (χ1v) is 7.41. The van der Waals surface area contributed by atoms with Crippen LogP contribution in [0.15, 0.2) is 36.4 Å². The Balaban J connectivity index is 2.00. The van der Waals surface area contributed by atoms with Crippen LogP contribution in [-0.2, 0) is 6.42 Å². The SMILES string of the molecule is Cc1cc(C(=O)N2CCCc3c(N)cccc32)ccc1Cl. The molecule has 0 spiro atoms. The molecule has 3 nitrogen and oxygen atoms in total. The maximum Gasteiger partial charge on any atom is 0.258 e. The summed E-state index contributed by atoms with van der Waals surface area (Å²) in [5.74, 6) is 0.00122. The van der Waals surface area contributed by atoms with Crippen LogP contribution in [0.4, 0.5) is 11.4 Å². The van der Waals surface area contributed by atoms with Crippen LogP contribution in [0.2, 0.25) is 5.02 Å². The van der Waals surface area contributed by atoms with Crippen molar-refractivity contribution in [2.24, 2.45) is 0 Å². The van der Waals surface area contributed by atoms with Crippen LogP contribution in [0.3, 0.4) is 0 Å². The molecule has 1 aliphatic heterocycles. The summed E-state index contributed by atoms with van der Waals surface area (Å²) in [4.78, 5) is 14.6. The highest BCUT2D eigenvalue weighted by molar-refractivity contribution is 6.31. The van der Waals surface area contributed by atoms with Gasteiger partial charge in [-0.25, -0.2) is 0 Å². The number of halogens is 1. The predicted octanol–water partition coefficient (Wildman–Crippen LogP) is 3.82. The largest absolute Gasteiger partial charge is 0.398 e. The molecule has 0 saturated heterocycles. The molecule has 0 atom stereocenters. The highest BCUT2D eigenvalue weighted by Crippen LogP contribution is 2.32. The lowest BCUT2D eigenvalue weighted by Gasteiger charge is -2.30. The van der Waals surface area contributed by atoms with Crippen molar-refractivity contribution in [3.05, 3.63) is 58.1 Å². The third-order valence-corrected chi connectivity index (χ3v) is 4.36. The maximum atomic E-state index is 12.8. The second-order valence-electron chi connectivity index (χ2n) is 5.37. The molecule has 2 N–H and O–H groups in total. The lowest BCUT2D eigenvalue weighted by Crippen LogP contribution is -2.35. The van der Waals surface area contributed by atoms with E-state index in [1.165, 1.54) is 0 Å². The minimum absolute atomic E-state index is 0.00122. The number of nitrogen functional groups attached to an aromatic ring is 1. The summed E-state index contributed by atoms with van der Waals surface area (Å²) in [6, 6.07) is 11.1. The van der Waals surface area contributed by atoms with E-state index in [0.717, 1.165) is 41.9 Å². The number of nitrogens with two attached hydrogens (primary N) is 1. The van der Waals surface area contributed by atoms with Gasteiger partial charge in [-0.15, -0.1) is 0 Å². The van der Waals surface area contributed by atoms with Crippen molar-refractivity contribution in [2.45, 2.75) is 19.8 Å². The smallest absolute Gasteiger partial charge is 0.258 e. The van der Waals surface area contributed by atoms with Crippen LogP contribution in [-0.4, -0.2) is 12.5 Å². The van der Waals surface area contributed by atoms with Crippen molar-refractivity contribution in [1.29, 1.82) is 0 Å². The molecule has 0 saturated carbocycles. The maximum absolute atomic E-state index is 12.8. The van der Waals surface area contributed by atoms with Gasteiger partial charge in [-0.05, 0) is 61.2 Å². The number of anilines is 2. The number of amides is 1. The Bertz CT molecular complexity index is 712. The lowest BCUT2D eigenvalue weighted by molar-refractivity contribution is 0.0985. The Morgan fingerprint density at radius 3 is 2.86 bits per heavy atom. The molecule has 0 unspecified atom stereocenters. The highest BCUT2D eigenvalue weighted by atomic mass is 35.5. The average Bonchev–Trinajstić information content (AvgIpc) is 2.49. The fraction of sp³-hybridized carbons (Fsp3) is 0.235. The molecule has 0 radical (unpaired) electrons. The van der Waals surface area contributed by atoms with E-state index in [0.29, 0.717) is 10.6 Å². The molecule has 2 aromatic rings. The van der Waals surface area contributed by atoms with Gasteiger partial charge in [-0.3, -0.25) is 4.79 Å². The van der Waals surface area contributed by atoms with E-state index in [9.17, 15) is 4.79 Å². The molecule has 1 amide bonds. The molecule has 0 aromatic heterocycles. The van der Waals surface area contributed by atoms with Crippen LogP contribution < -0.4 is 10.6 Å². The zero-order chi connectivity index (χ0) is 15.0. The number of carbonyl (C=O) groups excluding carboxylic acids is 1. The van der Waals surface area contributed by atoms with Gasteiger partial charge in [0.05, 0.1) is 0 Å². The zero-order valence-electron chi connectivity index (χ0n) is 11.9. The topological polar surface area (TPSA) is 46.3 Å². The second-order valence-corrected chi connectivity index (χ2v) is 5.78. The summed E-state index contributed by atoms with van der Waals surface area (Å²) in [7, 11) is 0. The molecule has 4 heteroatoms. The number of nitrogens with zero attached hydrogens (tertiary/aromatic N) is 1. The van der Waals surface area contributed by atoms with E-state index in [2.05, 4.69) is 0 Å². The number of benzene rings is 2. The molecule has 0 fully saturated rings. The molecule has 1 aliphatic rings. The Kier molecular flexibility index (Phi) is 3.60. The zero-order valence-corrected chi connectivity index (χ0v) is 12.7. The number of hydrogen-bond donors (Lipinski definition) is 1. The van der Waals surface area contributed by atoms with Crippen molar-refractivity contribution in [1.82, 2.24) is 0 Å². The van der Waals surface area contributed by atoms with Crippen molar-refractivity contribution < 1.29 is 4.79 Å².